The fraction of sp³-hybridized carbons (Fsp3) is 0.115. The smallest absolute Gasteiger partial charge is 0.361 e. The van der Waals surface area contributed by atoms with Crippen LogP contribution < -0.4 is 10.4 Å². The molecule has 35 heavy (non-hydrogen) atoms. The van der Waals surface area contributed by atoms with Crippen molar-refractivity contribution in [3.8, 4) is 56.9 Å². The van der Waals surface area contributed by atoms with Crippen molar-refractivity contribution in [1.29, 1.82) is 0 Å². The summed E-state index contributed by atoms with van der Waals surface area (Å²) in [5.41, 5.74) is 2.90. The highest BCUT2D eigenvalue weighted by Crippen LogP contribution is 2.49. The third-order valence-electron chi connectivity index (χ3n) is 6.53. The number of nitrogens with zero attached hydrogens (tertiary/aromatic N) is 1. The Kier molecular flexibility index (Phi) is 4.22. The highest BCUT2D eigenvalue weighted by Gasteiger charge is 2.30. The minimum atomic E-state index is -0.637. The summed E-state index contributed by atoms with van der Waals surface area (Å²) in [5, 5.41) is 51.6. The zero-order valence-corrected chi connectivity index (χ0v) is 18.4. The first kappa shape index (κ1) is 20.8. The molecule has 1 aliphatic rings. The maximum Gasteiger partial charge on any atom is 0.361 e. The monoisotopic (exact) mass is 473 g/mol. The van der Waals surface area contributed by atoms with Gasteiger partial charge in [-0.1, -0.05) is 6.07 Å². The molecule has 5 N–H and O–H groups in total. The Bertz CT molecular complexity index is 1760. The molecule has 0 unspecified atom stereocenters. The summed E-state index contributed by atoms with van der Waals surface area (Å²) in [4.78, 5) is 13.2. The van der Waals surface area contributed by atoms with Crippen LogP contribution in [0.15, 0.2) is 51.7 Å². The lowest BCUT2D eigenvalue weighted by molar-refractivity contribution is 0.373. The first-order chi connectivity index (χ1) is 16.8. The summed E-state index contributed by atoms with van der Waals surface area (Å²) in [6, 6.07) is 10.1. The average Bonchev–Trinajstić information content (AvgIpc) is 3.18. The lowest BCUT2D eigenvalue weighted by Crippen LogP contribution is -2.14. The molecule has 0 spiro atoms. The zero-order valence-electron chi connectivity index (χ0n) is 18.4. The van der Waals surface area contributed by atoms with E-state index >= 15 is 0 Å². The molecule has 0 aliphatic carbocycles. The van der Waals surface area contributed by atoms with Crippen LogP contribution in [0.1, 0.15) is 5.56 Å². The number of phenolic OH excluding ortho intramolecular Hbond substituents is 5. The number of fused-ring (bicyclic) bond motifs is 7. The van der Waals surface area contributed by atoms with Crippen LogP contribution in [0, 0.1) is 0 Å². The average molecular weight is 473 g/mol. The standard InChI is InChI=1S/C26H19NO8/c1-34-21-9-13-11(6-19(21)32)4-5-27-24(13)22(12-2-3-15(28)16(29)7-12)23-14-8-17(30)18(31)10-20(14)35-26(33)25(23)27/h2-3,6-10,28-32H,4-5H2,1H3. The summed E-state index contributed by atoms with van der Waals surface area (Å²) in [6.45, 7) is 0.398. The molecular formula is C26H19NO8. The fourth-order valence-electron chi connectivity index (χ4n) is 4.98. The molecule has 0 radical (unpaired) electrons. The van der Waals surface area contributed by atoms with E-state index in [-0.39, 0.29) is 39.8 Å². The Hall–Kier alpha value is -4.79. The van der Waals surface area contributed by atoms with E-state index in [9.17, 15) is 30.3 Å². The predicted octanol–water partition coefficient (Wildman–Crippen LogP) is 4.17. The number of methoxy groups -OCH3 is 1. The van der Waals surface area contributed by atoms with Crippen LogP contribution in [0.25, 0.3) is 44.3 Å². The SMILES string of the molecule is COc1cc2c(cc1O)CCn1c-2c(-c2ccc(O)c(O)c2)c2c3cc(O)c(O)cc3oc(=O)c21. The van der Waals surface area contributed by atoms with E-state index in [1.54, 1.807) is 18.2 Å². The van der Waals surface area contributed by atoms with Crippen molar-refractivity contribution in [2.45, 2.75) is 13.0 Å². The quantitative estimate of drug-likeness (QED) is 0.190. The Labute approximate surface area is 196 Å². The number of aromatic nitrogens is 1. The summed E-state index contributed by atoms with van der Waals surface area (Å²) in [5.74, 6) is -1.22. The highest BCUT2D eigenvalue weighted by molar-refractivity contribution is 6.17. The first-order valence-corrected chi connectivity index (χ1v) is 10.8. The molecule has 2 aromatic heterocycles. The molecule has 3 heterocycles. The van der Waals surface area contributed by atoms with Gasteiger partial charge in [0.1, 0.15) is 11.1 Å². The molecule has 9 nitrogen and oxygen atoms in total. The molecule has 6 rings (SSSR count). The van der Waals surface area contributed by atoms with Gasteiger partial charge in [0.05, 0.1) is 12.8 Å². The van der Waals surface area contributed by atoms with E-state index < -0.39 is 11.4 Å². The third-order valence-corrected chi connectivity index (χ3v) is 6.53. The summed E-state index contributed by atoms with van der Waals surface area (Å²) in [6.07, 6.45) is 0.516. The van der Waals surface area contributed by atoms with Crippen molar-refractivity contribution in [3.05, 3.63) is 58.4 Å². The van der Waals surface area contributed by atoms with E-state index in [1.165, 1.54) is 31.4 Å². The van der Waals surface area contributed by atoms with Crippen molar-refractivity contribution in [2.24, 2.45) is 0 Å². The second-order valence-corrected chi connectivity index (χ2v) is 8.46. The maximum atomic E-state index is 13.2. The summed E-state index contributed by atoms with van der Waals surface area (Å²) < 4.78 is 12.7. The molecule has 0 amide bonds. The zero-order chi connectivity index (χ0) is 24.6. The number of aryl methyl sites for hydroxylation is 2. The summed E-state index contributed by atoms with van der Waals surface area (Å²) >= 11 is 0. The number of aromatic hydroxyl groups is 5. The van der Waals surface area contributed by atoms with Gasteiger partial charge in [-0.15, -0.1) is 0 Å². The third kappa shape index (κ3) is 2.84. The van der Waals surface area contributed by atoms with E-state index in [0.29, 0.717) is 46.1 Å². The first-order valence-electron chi connectivity index (χ1n) is 10.8. The van der Waals surface area contributed by atoms with Gasteiger partial charge in [0.25, 0.3) is 0 Å². The number of ether oxygens (including phenoxy) is 1. The molecule has 0 saturated heterocycles. The number of benzene rings is 3. The van der Waals surface area contributed by atoms with Crippen LogP contribution >= 0.6 is 0 Å². The maximum absolute atomic E-state index is 13.2. The molecular weight excluding hydrogens is 454 g/mol. The topological polar surface area (TPSA) is 146 Å². The molecule has 0 bridgehead atoms. The minimum Gasteiger partial charge on any atom is -0.504 e. The molecule has 176 valence electrons. The number of hydrogen-bond acceptors (Lipinski definition) is 8. The van der Waals surface area contributed by atoms with Crippen LogP contribution in [0.2, 0.25) is 0 Å². The van der Waals surface area contributed by atoms with Crippen LogP contribution in [-0.4, -0.2) is 37.2 Å². The lowest BCUT2D eigenvalue weighted by Gasteiger charge is -2.22. The van der Waals surface area contributed by atoms with Crippen LogP contribution in [0.5, 0.6) is 34.5 Å². The molecule has 0 saturated carbocycles. The van der Waals surface area contributed by atoms with Gasteiger partial charge in [0, 0.05) is 34.5 Å². The van der Waals surface area contributed by atoms with Crippen LogP contribution in [0.3, 0.4) is 0 Å². The number of phenols is 5. The van der Waals surface area contributed by atoms with Crippen molar-refractivity contribution in [2.75, 3.05) is 7.11 Å². The number of rotatable bonds is 2. The predicted molar refractivity (Wildman–Crippen MR) is 127 cm³/mol. The van der Waals surface area contributed by atoms with E-state index in [0.717, 1.165) is 5.56 Å². The Morgan fingerprint density at radius 2 is 1.63 bits per heavy atom. The van der Waals surface area contributed by atoms with Crippen LogP contribution in [0.4, 0.5) is 0 Å². The van der Waals surface area contributed by atoms with E-state index in [2.05, 4.69) is 0 Å². The van der Waals surface area contributed by atoms with Gasteiger partial charge in [-0.05, 0) is 47.9 Å². The van der Waals surface area contributed by atoms with E-state index in [1.807, 2.05) is 4.57 Å². The van der Waals surface area contributed by atoms with Crippen molar-refractivity contribution < 1.29 is 34.7 Å². The van der Waals surface area contributed by atoms with Gasteiger partial charge < -0.3 is 39.3 Å². The molecule has 0 atom stereocenters. The molecule has 0 fully saturated rings. The van der Waals surface area contributed by atoms with Crippen molar-refractivity contribution >= 4 is 21.9 Å². The van der Waals surface area contributed by atoms with Gasteiger partial charge in [-0.2, -0.15) is 0 Å². The molecule has 1 aliphatic heterocycles. The van der Waals surface area contributed by atoms with E-state index in [4.69, 9.17) is 9.15 Å². The Balaban J connectivity index is 1.86. The fourth-order valence-corrected chi connectivity index (χ4v) is 4.98. The Morgan fingerprint density at radius 3 is 2.37 bits per heavy atom. The summed E-state index contributed by atoms with van der Waals surface area (Å²) in [7, 11) is 1.44. The van der Waals surface area contributed by atoms with Crippen molar-refractivity contribution in [3.63, 3.8) is 0 Å². The normalized spacial score (nSPS) is 12.6. The largest absolute Gasteiger partial charge is 0.504 e. The molecule has 5 aromatic rings. The Morgan fingerprint density at radius 1 is 0.886 bits per heavy atom. The van der Waals surface area contributed by atoms with Gasteiger partial charge in [0.15, 0.2) is 34.5 Å². The number of hydrogen-bond donors (Lipinski definition) is 5. The van der Waals surface area contributed by atoms with Gasteiger partial charge in [-0.3, -0.25) is 0 Å². The van der Waals surface area contributed by atoms with Crippen molar-refractivity contribution in [1.82, 2.24) is 4.57 Å². The lowest BCUT2D eigenvalue weighted by atomic mass is 9.91. The molecule has 3 aromatic carbocycles. The second-order valence-electron chi connectivity index (χ2n) is 8.46. The minimum absolute atomic E-state index is 0.00926. The highest BCUT2D eigenvalue weighted by atomic mass is 16.5. The second kappa shape index (κ2) is 7.10. The van der Waals surface area contributed by atoms with Gasteiger partial charge in [0.2, 0.25) is 0 Å². The molecule has 9 heteroatoms. The van der Waals surface area contributed by atoms with Gasteiger partial charge in [-0.25, -0.2) is 4.79 Å². The van der Waals surface area contributed by atoms with Gasteiger partial charge >= 0.3 is 5.63 Å². The van der Waals surface area contributed by atoms with Crippen LogP contribution in [-0.2, 0) is 13.0 Å².